The van der Waals surface area contributed by atoms with Gasteiger partial charge in [-0.05, 0) is 55.8 Å². The van der Waals surface area contributed by atoms with Crippen LogP contribution in [0.3, 0.4) is 0 Å². The van der Waals surface area contributed by atoms with Crippen LogP contribution < -0.4 is 5.32 Å². The van der Waals surface area contributed by atoms with E-state index in [9.17, 15) is 14.4 Å². The molecule has 0 spiro atoms. The van der Waals surface area contributed by atoms with Gasteiger partial charge >= 0.3 is 11.9 Å². The molecular formula is C14H19NO4. The highest BCUT2D eigenvalue weighted by Crippen LogP contribution is 2.56. The van der Waals surface area contributed by atoms with Crippen molar-refractivity contribution < 1.29 is 19.5 Å². The zero-order valence-electron chi connectivity index (χ0n) is 10.8. The Morgan fingerprint density at radius 1 is 0.947 bits per heavy atom. The molecule has 0 aromatic carbocycles. The summed E-state index contributed by atoms with van der Waals surface area (Å²) in [7, 11) is 0. The fourth-order valence-corrected chi connectivity index (χ4v) is 4.81. The highest BCUT2D eigenvalue weighted by molar-refractivity contribution is 6.31. The number of carboxylic acids is 1. The highest BCUT2D eigenvalue weighted by Gasteiger charge is 2.50. The highest BCUT2D eigenvalue weighted by atomic mass is 16.4. The van der Waals surface area contributed by atoms with E-state index >= 15 is 0 Å². The number of hydrogen-bond donors (Lipinski definition) is 2. The van der Waals surface area contributed by atoms with Gasteiger partial charge in [-0.15, -0.1) is 0 Å². The monoisotopic (exact) mass is 265 g/mol. The zero-order chi connectivity index (χ0) is 13.6. The minimum atomic E-state index is -1.53. The van der Waals surface area contributed by atoms with Crippen LogP contribution >= 0.6 is 0 Å². The van der Waals surface area contributed by atoms with Crippen molar-refractivity contribution in [3.05, 3.63) is 0 Å². The van der Waals surface area contributed by atoms with E-state index in [0.29, 0.717) is 11.8 Å². The third-order valence-electron chi connectivity index (χ3n) is 5.22. The number of rotatable bonds is 3. The molecule has 4 aliphatic rings. The first kappa shape index (κ1) is 12.6. The van der Waals surface area contributed by atoms with Gasteiger partial charge in [-0.1, -0.05) is 0 Å². The van der Waals surface area contributed by atoms with E-state index in [-0.39, 0.29) is 18.2 Å². The fraction of sp³-hybridized carbons (Fsp3) is 0.786. The van der Waals surface area contributed by atoms with E-state index in [1.54, 1.807) is 0 Å². The summed E-state index contributed by atoms with van der Waals surface area (Å²) < 4.78 is 0. The van der Waals surface area contributed by atoms with Crippen molar-refractivity contribution >= 4 is 17.7 Å². The minimum absolute atomic E-state index is 0.0309. The lowest BCUT2D eigenvalue weighted by atomic mass is 9.51. The average molecular weight is 265 g/mol. The van der Waals surface area contributed by atoms with Crippen molar-refractivity contribution in [2.45, 2.75) is 32.1 Å². The van der Waals surface area contributed by atoms with Crippen molar-refractivity contribution in [1.82, 2.24) is 5.32 Å². The number of amides is 1. The molecule has 4 saturated carbocycles. The topological polar surface area (TPSA) is 83.5 Å². The molecule has 4 aliphatic carbocycles. The summed E-state index contributed by atoms with van der Waals surface area (Å²) in [5, 5.41) is 10.7. The third-order valence-corrected chi connectivity index (χ3v) is 5.22. The normalized spacial score (nSPS) is 39.1. The molecule has 4 fully saturated rings. The number of ketones is 1. The van der Waals surface area contributed by atoms with Crippen molar-refractivity contribution in [1.29, 1.82) is 0 Å². The smallest absolute Gasteiger partial charge is 0.394 e. The van der Waals surface area contributed by atoms with Crippen LogP contribution in [-0.4, -0.2) is 29.3 Å². The molecule has 0 aromatic heterocycles. The summed E-state index contributed by atoms with van der Waals surface area (Å²) in [6.45, 7) is -0.127. The standard InChI is InChI=1S/C14H19NO4/c16-11(6-15-13(17)14(18)19)12-9-2-7-1-8(4-9)5-10(12)3-7/h7-10,12H,1-6H2,(H,15,17)(H,18,19). The van der Waals surface area contributed by atoms with Crippen LogP contribution in [0.15, 0.2) is 0 Å². The molecule has 4 bridgehead atoms. The van der Waals surface area contributed by atoms with Gasteiger partial charge in [0, 0.05) is 5.92 Å². The van der Waals surface area contributed by atoms with Crippen molar-refractivity contribution in [3.8, 4) is 0 Å². The Bertz CT molecular complexity index is 403. The largest absolute Gasteiger partial charge is 0.474 e. The molecule has 0 atom stereocenters. The Kier molecular flexibility index (Phi) is 3.07. The number of nitrogens with one attached hydrogen (secondary N) is 1. The Balaban J connectivity index is 1.61. The van der Waals surface area contributed by atoms with Gasteiger partial charge in [0.2, 0.25) is 0 Å². The van der Waals surface area contributed by atoms with E-state index in [2.05, 4.69) is 5.32 Å². The maximum absolute atomic E-state index is 12.3. The van der Waals surface area contributed by atoms with E-state index in [1.165, 1.54) is 6.42 Å². The van der Waals surface area contributed by atoms with Crippen LogP contribution in [0.25, 0.3) is 0 Å². The summed E-state index contributed by atoms with van der Waals surface area (Å²) in [4.78, 5) is 33.6. The molecule has 0 aromatic rings. The number of carbonyl (C=O) groups excluding carboxylic acids is 2. The van der Waals surface area contributed by atoms with Crippen LogP contribution in [0, 0.1) is 29.6 Å². The first-order valence-electron chi connectivity index (χ1n) is 7.08. The van der Waals surface area contributed by atoms with Crippen molar-refractivity contribution in [3.63, 3.8) is 0 Å². The second-order valence-electron chi connectivity index (χ2n) is 6.41. The van der Waals surface area contributed by atoms with Crippen LogP contribution in [0.2, 0.25) is 0 Å². The maximum atomic E-state index is 12.3. The third kappa shape index (κ3) is 2.26. The summed E-state index contributed by atoms with van der Waals surface area (Å²) in [5.41, 5.74) is 0. The quantitative estimate of drug-likeness (QED) is 0.740. The Labute approximate surface area is 111 Å². The fourth-order valence-electron chi connectivity index (χ4n) is 4.81. The molecule has 0 heterocycles. The minimum Gasteiger partial charge on any atom is -0.474 e. The molecule has 0 radical (unpaired) electrons. The summed E-state index contributed by atoms with van der Waals surface area (Å²) in [5.74, 6) is 0.0385. The number of carbonyl (C=O) groups is 3. The lowest BCUT2D eigenvalue weighted by Gasteiger charge is -2.53. The molecule has 0 unspecified atom stereocenters. The molecular weight excluding hydrogens is 246 g/mol. The lowest BCUT2D eigenvalue weighted by Crippen LogP contribution is -2.50. The molecule has 0 aliphatic heterocycles. The summed E-state index contributed by atoms with van der Waals surface area (Å²) >= 11 is 0. The van der Waals surface area contributed by atoms with E-state index in [0.717, 1.165) is 37.5 Å². The van der Waals surface area contributed by atoms with Gasteiger partial charge in [0.05, 0.1) is 6.54 Å². The SMILES string of the molecule is O=C(O)C(=O)NCC(=O)C1C2CC3CC(C2)CC1C3. The Hall–Kier alpha value is -1.39. The predicted octanol–water partition coefficient (Wildman–Crippen LogP) is 0.829. The Morgan fingerprint density at radius 3 is 1.95 bits per heavy atom. The second-order valence-corrected chi connectivity index (χ2v) is 6.41. The van der Waals surface area contributed by atoms with Crippen molar-refractivity contribution in [2.24, 2.45) is 29.6 Å². The van der Waals surface area contributed by atoms with Crippen LogP contribution in [0.5, 0.6) is 0 Å². The first-order chi connectivity index (χ1) is 9.04. The number of Topliss-reactive ketones (excluding diaryl/α,β-unsaturated/α-hetero) is 1. The van der Waals surface area contributed by atoms with Crippen LogP contribution in [0.4, 0.5) is 0 Å². The summed E-state index contributed by atoms with van der Waals surface area (Å²) in [6.07, 6.45) is 5.93. The van der Waals surface area contributed by atoms with Gasteiger partial charge in [0.25, 0.3) is 0 Å². The molecule has 0 saturated heterocycles. The lowest BCUT2D eigenvalue weighted by molar-refractivity contribution is -0.150. The molecule has 5 nitrogen and oxygen atoms in total. The van der Waals surface area contributed by atoms with Crippen LogP contribution in [-0.2, 0) is 14.4 Å². The first-order valence-corrected chi connectivity index (χ1v) is 7.08. The van der Waals surface area contributed by atoms with E-state index in [4.69, 9.17) is 5.11 Å². The van der Waals surface area contributed by atoms with E-state index < -0.39 is 11.9 Å². The van der Waals surface area contributed by atoms with Gasteiger partial charge in [-0.25, -0.2) is 4.79 Å². The number of hydrogen-bond acceptors (Lipinski definition) is 3. The van der Waals surface area contributed by atoms with Gasteiger partial charge in [0.15, 0.2) is 5.78 Å². The maximum Gasteiger partial charge on any atom is 0.394 e. The zero-order valence-corrected chi connectivity index (χ0v) is 10.8. The van der Waals surface area contributed by atoms with Gasteiger partial charge in [0.1, 0.15) is 0 Å². The molecule has 5 heteroatoms. The molecule has 1 amide bonds. The van der Waals surface area contributed by atoms with Gasteiger partial charge < -0.3 is 10.4 Å². The summed E-state index contributed by atoms with van der Waals surface area (Å²) in [6, 6.07) is 0. The Morgan fingerprint density at radius 2 is 1.47 bits per heavy atom. The van der Waals surface area contributed by atoms with Crippen LogP contribution in [0.1, 0.15) is 32.1 Å². The second kappa shape index (κ2) is 4.62. The number of aliphatic carboxylic acids is 1. The number of carboxylic acid groups (broad SMARTS) is 1. The van der Waals surface area contributed by atoms with Crippen molar-refractivity contribution in [2.75, 3.05) is 6.54 Å². The predicted molar refractivity (Wildman–Crippen MR) is 66.2 cm³/mol. The van der Waals surface area contributed by atoms with E-state index in [1.807, 2.05) is 0 Å². The van der Waals surface area contributed by atoms with Gasteiger partial charge in [-0.2, -0.15) is 0 Å². The molecule has 4 rings (SSSR count). The average Bonchev–Trinajstić information content (AvgIpc) is 2.34. The molecule has 19 heavy (non-hydrogen) atoms. The molecule has 2 N–H and O–H groups in total. The van der Waals surface area contributed by atoms with Gasteiger partial charge in [-0.3, -0.25) is 9.59 Å². The molecule has 104 valence electrons.